The van der Waals surface area contributed by atoms with E-state index < -0.39 is 23.5 Å². The molecule has 20 aromatic carbocycles. The van der Waals surface area contributed by atoms with Crippen LogP contribution in [-0.2, 0) is 38.0 Å². The van der Waals surface area contributed by atoms with E-state index in [9.17, 15) is 35.1 Å². The van der Waals surface area contributed by atoms with Gasteiger partial charge in [0, 0.05) is 65.8 Å². The van der Waals surface area contributed by atoms with Crippen LogP contribution in [0.5, 0.6) is 0 Å². The molecule has 24 aromatic rings. The van der Waals surface area contributed by atoms with E-state index in [0.29, 0.717) is 11.4 Å². The molecule has 0 N–H and O–H groups in total. The minimum atomic E-state index is -4.39. The van der Waals surface area contributed by atoms with Crippen LogP contribution < -0.4 is 0 Å². The third kappa shape index (κ3) is 18.5. The molecule has 0 radical (unpaired) electrons. The van der Waals surface area contributed by atoms with Gasteiger partial charge in [-0.25, -0.2) is 8.78 Å². The van der Waals surface area contributed by atoms with E-state index in [0.717, 1.165) is 143 Å². The molecule has 4 nitrogen and oxygen atoms in total. The Labute approximate surface area is 793 Å². The molecule has 0 aliphatic heterocycles. The number of aromatic nitrogens is 4. The number of rotatable bonds is 16. The zero-order valence-corrected chi connectivity index (χ0v) is 74.8. The van der Waals surface area contributed by atoms with Crippen molar-refractivity contribution in [3.8, 4) is 67.3 Å². The van der Waals surface area contributed by atoms with Crippen LogP contribution in [0.2, 0.25) is 0 Å². The highest BCUT2D eigenvalue weighted by atomic mass is 19.4. The minimum absolute atomic E-state index is 0.225. The molecule has 24 rings (SSSR count). The summed E-state index contributed by atoms with van der Waals surface area (Å²) in [6.45, 7) is 0. The van der Waals surface area contributed by atoms with Crippen LogP contribution in [0.15, 0.2) is 485 Å². The number of hydrogen-bond donors (Lipinski definition) is 0. The number of nitrogens with zero attached hydrogens (tertiary/aromatic N) is 4. The second-order valence-corrected chi connectivity index (χ2v) is 34.8. The van der Waals surface area contributed by atoms with Crippen LogP contribution in [0.4, 0.5) is 35.1 Å². The Hall–Kier alpha value is -17.0. The average Bonchev–Trinajstić information content (AvgIpc) is 1.59. The van der Waals surface area contributed by atoms with Crippen molar-refractivity contribution in [1.29, 1.82) is 0 Å². The quantitative estimate of drug-likeness (QED) is 0.0859. The summed E-state index contributed by atoms with van der Waals surface area (Å²) < 4.78 is 115. The van der Waals surface area contributed by atoms with Crippen molar-refractivity contribution in [1.82, 2.24) is 18.3 Å². The van der Waals surface area contributed by atoms with Crippen molar-refractivity contribution in [2.75, 3.05) is 0 Å². The molecule has 12 heteroatoms. The van der Waals surface area contributed by atoms with Crippen LogP contribution in [0.25, 0.3) is 154 Å². The first kappa shape index (κ1) is 87.7. The van der Waals surface area contributed by atoms with Gasteiger partial charge in [0.2, 0.25) is 0 Å². The van der Waals surface area contributed by atoms with E-state index >= 15 is 0 Å². The topological polar surface area (TPSA) is 19.7 Å². The van der Waals surface area contributed by atoms with Gasteiger partial charge < -0.3 is 18.3 Å². The molecular formula is C126H88F8N4. The fourth-order valence-corrected chi connectivity index (χ4v) is 19.1. The van der Waals surface area contributed by atoms with Crippen LogP contribution in [0.1, 0.15) is 55.6 Å². The molecule has 4 heterocycles. The van der Waals surface area contributed by atoms with E-state index in [1.165, 1.54) is 131 Å². The lowest BCUT2D eigenvalue weighted by Crippen LogP contribution is -2.06. The standard InChI is InChI=1S/2C32H22F3N.2C31H22FN/c33-32(34,35)26-9-6-10-27(21-26)36-30-12-5-4-11-28(30)29-20-25(17-18-31(29)36)24-15-13-23(14-16-24)19-22-7-2-1-3-8-22;33-32(34,35)26-15-17-27(18-16-26)36-30-9-5-4-8-28(30)29-21-25(14-19-31(29)36)24-12-10-23(11-13-24)20-22-6-2-1-3-7-22;32-26-9-6-10-27(21-26)33-30-12-5-4-11-28(30)29-20-25(17-18-31(29)33)24-15-13-23(14-16-24)19-22-7-2-1-3-8-22;32-26-15-17-27(18-16-26)33-30-9-5-4-8-28(30)29-21-25(14-19-31(29)33)24-12-10-23(11-13-24)20-22-6-2-1-3-7-22/h1-18,20-21H,19H2;1-19,21H,20H2;1-18,20-21H,19H2;1-19,21H,20H2. The molecule has 4 aromatic heterocycles. The van der Waals surface area contributed by atoms with Gasteiger partial charge in [0.1, 0.15) is 11.6 Å². The van der Waals surface area contributed by atoms with Crippen molar-refractivity contribution in [2.45, 2.75) is 38.0 Å². The summed E-state index contributed by atoms with van der Waals surface area (Å²) in [5, 5.41) is 8.87. The van der Waals surface area contributed by atoms with Gasteiger partial charge in [0.05, 0.1) is 55.3 Å². The fourth-order valence-electron chi connectivity index (χ4n) is 19.1. The van der Waals surface area contributed by atoms with E-state index in [1.54, 1.807) is 18.2 Å². The number of benzene rings is 20. The summed E-state index contributed by atoms with van der Waals surface area (Å²) in [5.74, 6) is -0.455. The molecule has 0 unspecified atom stereocenters. The van der Waals surface area contributed by atoms with Gasteiger partial charge in [-0.1, -0.05) is 328 Å². The maximum atomic E-state index is 14.0. The highest BCUT2D eigenvalue weighted by Gasteiger charge is 2.32. The van der Waals surface area contributed by atoms with Gasteiger partial charge in [-0.05, 0) is 272 Å². The van der Waals surface area contributed by atoms with Crippen LogP contribution in [0, 0.1) is 11.6 Å². The first-order chi connectivity index (χ1) is 67.5. The number of para-hydroxylation sites is 4. The number of alkyl halides is 6. The first-order valence-corrected chi connectivity index (χ1v) is 46.0. The van der Waals surface area contributed by atoms with Crippen LogP contribution in [0.3, 0.4) is 0 Å². The second kappa shape index (κ2) is 38.2. The summed E-state index contributed by atoms with van der Waals surface area (Å²) in [5.41, 5.74) is 29.2. The highest BCUT2D eigenvalue weighted by molar-refractivity contribution is 6.14. The summed E-state index contributed by atoms with van der Waals surface area (Å²) in [7, 11) is 0. The van der Waals surface area contributed by atoms with Gasteiger partial charge in [-0.3, -0.25) is 0 Å². The molecule has 0 fully saturated rings. The van der Waals surface area contributed by atoms with Crippen molar-refractivity contribution in [2.24, 2.45) is 0 Å². The molecule has 138 heavy (non-hydrogen) atoms. The van der Waals surface area contributed by atoms with E-state index in [-0.39, 0.29) is 11.6 Å². The van der Waals surface area contributed by atoms with E-state index in [4.69, 9.17) is 0 Å². The molecule has 0 aliphatic rings. The molecule has 0 bridgehead atoms. The largest absolute Gasteiger partial charge is 0.416 e. The number of halogens is 8. The Balaban J connectivity index is 0.000000110. The summed E-state index contributed by atoms with van der Waals surface area (Å²) in [6.07, 6.45) is -5.11. The predicted octanol–water partition coefficient (Wildman–Crippen LogP) is 34.5. The molecule has 0 amide bonds. The molecule has 668 valence electrons. The minimum Gasteiger partial charge on any atom is -0.309 e. The monoisotopic (exact) mass is 1810 g/mol. The van der Waals surface area contributed by atoms with Crippen molar-refractivity contribution in [3.05, 3.63) is 553 Å². The van der Waals surface area contributed by atoms with Crippen molar-refractivity contribution in [3.63, 3.8) is 0 Å². The summed E-state index contributed by atoms with van der Waals surface area (Å²) >= 11 is 0. The number of hydrogen-bond acceptors (Lipinski definition) is 0. The van der Waals surface area contributed by atoms with Crippen molar-refractivity contribution >= 4 is 87.2 Å². The van der Waals surface area contributed by atoms with Gasteiger partial charge >= 0.3 is 12.4 Å². The zero-order chi connectivity index (χ0) is 93.8. The third-order valence-corrected chi connectivity index (χ3v) is 25.9. The second-order valence-electron chi connectivity index (χ2n) is 34.8. The molecular weight excluding hydrogens is 1720 g/mol. The molecule has 0 aliphatic carbocycles. The highest BCUT2D eigenvalue weighted by Crippen LogP contribution is 2.43. The molecule has 0 spiro atoms. The first-order valence-electron chi connectivity index (χ1n) is 46.0. The predicted molar refractivity (Wildman–Crippen MR) is 552 cm³/mol. The molecule has 0 atom stereocenters. The Morgan fingerprint density at radius 3 is 0.681 bits per heavy atom. The number of fused-ring (bicyclic) bond motifs is 12. The Bertz CT molecular complexity index is 8480. The van der Waals surface area contributed by atoms with Gasteiger partial charge in [-0.2, -0.15) is 26.3 Å². The van der Waals surface area contributed by atoms with Gasteiger partial charge in [-0.15, -0.1) is 0 Å². The Kier molecular flexibility index (Phi) is 24.3. The van der Waals surface area contributed by atoms with E-state index in [2.05, 4.69) is 312 Å². The van der Waals surface area contributed by atoms with Crippen LogP contribution >= 0.6 is 0 Å². The average molecular weight is 1810 g/mol. The Morgan fingerprint density at radius 2 is 0.391 bits per heavy atom. The summed E-state index contributed by atoms with van der Waals surface area (Å²) in [4.78, 5) is 0. The lowest BCUT2D eigenvalue weighted by Gasteiger charge is -2.12. The fraction of sp³-hybridized carbons (Fsp3) is 0.0476. The van der Waals surface area contributed by atoms with Crippen LogP contribution in [-0.4, -0.2) is 18.3 Å². The van der Waals surface area contributed by atoms with Gasteiger partial charge in [0.15, 0.2) is 0 Å². The SMILES string of the molecule is FC(F)(F)c1ccc(-n2c3ccccc3c3cc(-c4ccc(Cc5ccccc5)cc4)ccc32)cc1.FC(F)(F)c1cccc(-n2c3ccccc3c3cc(-c4ccc(Cc5ccccc5)cc4)ccc32)c1.Fc1ccc(-n2c3ccccc3c3cc(-c4ccc(Cc5ccccc5)cc4)ccc32)cc1.Fc1cccc(-n2c3ccccc3c3cc(-c4ccc(Cc5ccccc5)cc4)ccc32)c1. The maximum absolute atomic E-state index is 14.0. The lowest BCUT2D eigenvalue weighted by atomic mass is 9.99. The smallest absolute Gasteiger partial charge is 0.309 e. The van der Waals surface area contributed by atoms with E-state index in [1.807, 2.05) is 112 Å². The lowest BCUT2D eigenvalue weighted by molar-refractivity contribution is -0.138. The summed E-state index contributed by atoms with van der Waals surface area (Å²) in [6, 6.07) is 159. The van der Waals surface area contributed by atoms with Crippen molar-refractivity contribution < 1.29 is 35.1 Å². The Morgan fingerprint density at radius 1 is 0.152 bits per heavy atom. The normalized spacial score (nSPS) is 11.6. The van der Waals surface area contributed by atoms with Gasteiger partial charge in [0.25, 0.3) is 0 Å². The zero-order valence-electron chi connectivity index (χ0n) is 74.8. The molecule has 0 saturated heterocycles. The third-order valence-electron chi connectivity index (χ3n) is 25.9. The molecule has 0 saturated carbocycles. The maximum Gasteiger partial charge on any atom is 0.416 e.